The first-order valence-corrected chi connectivity index (χ1v) is 9.67. The molecule has 2 N–H and O–H groups in total. The molecule has 1 fully saturated rings. The van der Waals surface area contributed by atoms with Crippen molar-refractivity contribution in [2.75, 3.05) is 13.2 Å². The van der Waals surface area contributed by atoms with Crippen molar-refractivity contribution >= 4 is 6.09 Å². The molecule has 0 aliphatic heterocycles. The second kappa shape index (κ2) is 6.68. The lowest BCUT2D eigenvalue weighted by Crippen LogP contribution is -2.50. The number of hydrogen-bond acceptors (Lipinski definition) is 3. The molecule has 1 saturated carbocycles. The number of hydrogen-bond donors (Lipinski definition) is 2. The Morgan fingerprint density at radius 2 is 1.67 bits per heavy atom. The Morgan fingerprint density at radius 3 is 2.19 bits per heavy atom. The van der Waals surface area contributed by atoms with Crippen LogP contribution in [0.25, 0.3) is 11.1 Å². The van der Waals surface area contributed by atoms with Crippen LogP contribution in [-0.2, 0) is 4.74 Å². The molecule has 2 aromatic carbocycles. The summed E-state index contributed by atoms with van der Waals surface area (Å²) in [6, 6.07) is 16.6. The minimum atomic E-state index is -0.563. The third-order valence-electron chi connectivity index (χ3n) is 6.11. The number of carbonyl (C=O) groups is 1. The number of rotatable bonds is 4. The van der Waals surface area contributed by atoms with Gasteiger partial charge in [-0.2, -0.15) is 0 Å². The highest BCUT2D eigenvalue weighted by Crippen LogP contribution is 2.45. The van der Waals surface area contributed by atoms with Gasteiger partial charge in [0.05, 0.1) is 12.1 Å². The second-order valence-electron chi connectivity index (χ2n) is 8.73. The average Bonchev–Trinajstić information content (AvgIpc) is 3.15. The molecular formula is C23H27NO3. The van der Waals surface area contributed by atoms with Crippen LogP contribution < -0.4 is 5.32 Å². The van der Waals surface area contributed by atoms with E-state index < -0.39 is 11.6 Å². The molecular weight excluding hydrogens is 338 g/mol. The standard InChI is InChI=1S/C23H27NO3/c1-22(2)11-12-23(14-22,15-25)24-21(26)27-13-20-18-9-5-3-7-16(18)17-8-4-6-10-19(17)20/h3-10,20,25H,11-15H2,1-2H3,(H,24,26). The van der Waals surface area contributed by atoms with E-state index >= 15 is 0 Å². The number of aliphatic hydroxyl groups is 1. The van der Waals surface area contributed by atoms with E-state index in [-0.39, 0.29) is 17.9 Å². The maximum absolute atomic E-state index is 12.5. The molecule has 1 unspecified atom stereocenters. The van der Waals surface area contributed by atoms with Crippen molar-refractivity contribution in [3.8, 4) is 11.1 Å². The van der Waals surface area contributed by atoms with Crippen molar-refractivity contribution in [2.45, 2.75) is 44.6 Å². The smallest absolute Gasteiger partial charge is 0.407 e. The van der Waals surface area contributed by atoms with Gasteiger partial charge in [0, 0.05) is 5.92 Å². The molecule has 0 spiro atoms. The molecule has 0 saturated heterocycles. The van der Waals surface area contributed by atoms with Crippen LogP contribution in [0.1, 0.15) is 50.2 Å². The SMILES string of the molecule is CC1(C)CCC(CO)(NC(=O)OCC2c3ccccc3-c3ccccc32)C1. The minimum Gasteiger partial charge on any atom is -0.449 e. The van der Waals surface area contributed by atoms with E-state index in [1.807, 2.05) is 24.3 Å². The number of ether oxygens (including phenoxy) is 1. The van der Waals surface area contributed by atoms with Gasteiger partial charge < -0.3 is 15.2 Å². The summed E-state index contributed by atoms with van der Waals surface area (Å²) >= 11 is 0. The molecule has 4 rings (SSSR count). The summed E-state index contributed by atoms with van der Waals surface area (Å²) in [7, 11) is 0. The van der Waals surface area contributed by atoms with Crippen molar-refractivity contribution < 1.29 is 14.6 Å². The summed E-state index contributed by atoms with van der Waals surface area (Å²) in [5.41, 5.74) is 4.39. The zero-order valence-electron chi connectivity index (χ0n) is 16.0. The Kier molecular flexibility index (Phi) is 4.47. The predicted molar refractivity (Wildman–Crippen MR) is 106 cm³/mol. The first-order chi connectivity index (χ1) is 12.9. The Morgan fingerprint density at radius 1 is 1.07 bits per heavy atom. The van der Waals surface area contributed by atoms with Crippen molar-refractivity contribution in [2.24, 2.45) is 5.41 Å². The largest absolute Gasteiger partial charge is 0.449 e. The van der Waals surface area contributed by atoms with Gasteiger partial charge in [-0.25, -0.2) is 4.79 Å². The van der Waals surface area contributed by atoms with E-state index in [2.05, 4.69) is 43.4 Å². The van der Waals surface area contributed by atoms with Crippen LogP contribution >= 0.6 is 0 Å². The van der Waals surface area contributed by atoms with Crippen molar-refractivity contribution in [3.63, 3.8) is 0 Å². The van der Waals surface area contributed by atoms with Gasteiger partial charge in [0.15, 0.2) is 0 Å². The maximum Gasteiger partial charge on any atom is 0.407 e. The summed E-state index contributed by atoms with van der Waals surface area (Å²) in [5, 5.41) is 12.8. The predicted octanol–water partition coefficient (Wildman–Crippen LogP) is 4.47. The molecule has 2 aliphatic carbocycles. The van der Waals surface area contributed by atoms with E-state index in [0.717, 1.165) is 19.3 Å². The van der Waals surface area contributed by atoms with Crippen LogP contribution in [-0.4, -0.2) is 30.0 Å². The fourth-order valence-corrected chi connectivity index (χ4v) is 4.80. The zero-order chi connectivity index (χ0) is 19.1. The van der Waals surface area contributed by atoms with Crippen LogP contribution in [0.5, 0.6) is 0 Å². The summed E-state index contributed by atoms with van der Waals surface area (Å²) in [4.78, 5) is 12.5. The fraction of sp³-hybridized carbons (Fsp3) is 0.435. The number of benzene rings is 2. The minimum absolute atomic E-state index is 0.0493. The first kappa shape index (κ1) is 18.1. The highest BCUT2D eigenvalue weighted by atomic mass is 16.5. The normalized spacial score (nSPS) is 22.9. The van der Waals surface area contributed by atoms with Gasteiger partial charge in [-0.1, -0.05) is 62.4 Å². The van der Waals surface area contributed by atoms with Gasteiger partial charge in [0.1, 0.15) is 6.61 Å². The van der Waals surface area contributed by atoms with Crippen molar-refractivity contribution in [1.82, 2.24) is 5.32 Å². The van der Waals surface area contributed by atoms with Gasteiger partial charge >= 0.3 is 6.09 Å². The van der Waals surface area contributed by atoms with E-state index in [0.29, 0.717) is 6.61 Å². The lowest BCUT2D eigenvalue weighted by molar-refractivity contribution is 0.106. The quantitative estimate of drug-likeness (QED) is 0.841. The highest BCUT2D eigenvalue weighted by molar-refractivity contribution is 5.79. The average molecular weight is 365 g/mol. The van der Waals surface area contributed by atoms with Gasteiger partial charge in [-0.3, -0.25) is 0 Å². The molecule has 0 bridgehead atoms. The zero-order valence-corrected chi connectivity index (χ0v) is 16.0. The molecule has 2 aliphatic rings. The Bertz CT molecular complexity index is 815. The highest BCUT2D eigenvalue weighted by Gasteiger charge is 2.44. The van der Waals surface area contributed by atoms with Crippen LogP contribution in [0, 0.1) is 5.41 Å². The van der Waals surface area contributed by atoms with Gasteiger partial charge in [-0.05, 0) is 46.9 Å². The van der Waals surface area contributed by atoms with E-state index in [1.165, 1.54) is 22.3 Å². The number of nitrogens with one attached hydrogen (secondary N) is 1. The number of amides is 1. The maximum atomic E-state index is 12.5. The summed E-state index contributed by atoms with van der Waals surface area (Å²) < 4.78 is 5.64. The molecule has 0 radical (unpaired) electrons. The monoisotopic (exact) mass is 365 g/mol. The molecule has 4 heteroatoms. The van der Waals surface area contributed by atoms with Gasteiger partial charge in [0.2, 0.25) is 0 Å². The van der Waals surface area contributed by atoms with Gasteiger partial charge in [-0.15, -0.1) is 0 Å². The Hall–Kier alpha value is -2.33. The van der Waals surface area contributed by atoms with Crippen LogP contribution in [0.2, 0.25) is 0 Å². The van der Waals surface area contributed by atoms with E-state index in [1.54, 1.807) is 0 Å². The molecule has 4 nitrogen and oxygen atoms in total. The third kappa shape index (κ3) is 3.34. The molecule has 2 aromatic rings. The first-order valence-electron chi connectivity index (χ1n) is 9.67. The molecule has 0 heterocycles. The van der Waals surface area contributed by atoms with Crippen LogP contribution in [0.3, 0.4) is 0 Å². The topological polar surface area (TPSA) is 58.6 Å². The summed E-state index contributed by atoms with van der Waals surface area (Å²) in [5.74, 6) is 0.0493. The number of alkyl carbamates (subject to hydrolysis) is 1. The second-order valence-corrected chi connectivity index (χ2v) is 8.73. The van der Waals surface area contributed by atoms with E-state index in [4.69, 9.17) is 4.74 Å². The van der Waals surface area contributed by atoms with Crippen molar-refractivity contribution in [3.05, 3.63) is 59.7 Å². The summed E-state index contributed by atoms with van der Waals surface area (Å²) in [6.07, 6.45) is 2.09. The van der Waals surface area contributed by atoms with Crippen LogP contribution in [0.15, 0.2) is 48.5 Å². The third-order valence-corrected chi connectivity index (χ3v) is 6.11. The molecule has 1 amide bonds. The lowest BCUT2D eigenvalue weighted by atomic mass is 9.88. The fourth-order valence-electron chi connectivity index (χ4n) is 4.80. The number of aliphatic hydroxyl groups excluding tert-OH is 1. The molecule has 0 aromatic heterocycles. The number of carbonyl (C=O) groups excluding carboxylic acids is 1. The molecule has 1 atom stereocenters. The van der Waals surface area contributed by atoms with Gasteiger partial charge in [0.25, 0.3) is 0 Å². The Balaban J connectivity index is 1.47. The summed E-state index contributed by atoms with van der Waals surface area (Å²) in [6.45, 7) is 4.58. The molecule has 142 valence electrons. The Labute approximate surface area is 160 Å². The van der Waals surface area contributed by atoms with E-state index in [9.17, 15) is 9.90 Å². The number of fused-ring (bicyclic) bond motifs is 3. The molecule has 27 heavy (non-hydrogen) atoms. The van der Waals surface area contributed by atoms with Crippen LogP contribution in [0.4, 0.5) is 4.79 Å². The lowest BCUT2D eigenvalue weighted by Gasteiger charge is -2.30. The van der Waals surface area contributed by atoms with Crippen molar-refractivity contribution in [1.29, 1.82) is 0 Å².